The van der Waals surface area contributed by atoms with E-state index < -0.39 is 15.7 Å². The number of sulfone groups is 1. The fourth-order valence-electron chi connectivity index (χ4n) is 3.80. The van der Waals surface area contributed by atoms with Crippen LogP contribution in [0, 0.1) is 0 Å². The lowest BCUT2D eigenvalue weighted by molar-refractivity contribution is 0.101. The molecule has 170 valence electrons. The van der Waals surface area contributed by atoms with Gasteiger partial charge < -0.3 is 0 Å². The maximum Gasteiger partial charge on any atom is 0.257 e. The molecule has 0 fully saturated rings. The lowest BCUT2D eigenvalue weighted by Gasteiger charge is -2.19. The number of hydrogen-bond donors (Lipinski definition) is 1. The first kappa shape index (κ1) is 22.1. The van der Waals surface area contributed by atoms with Crippen molar-refractivity contribution in [3.63, 3.8) is 0 Å². The molecule has 3 aromatic carbocycles. The van der Waals surface area contributed by atoms with Crippen molar-refractivity contribution >= 4 is 38.0 Å². The zero-order valence-electron chi connectivity index (χ0n) is 18.3. The van der Waals surface area contributed by atoms with Crippen LogP contribution in [0.4, 0.5) is 5.13 Å². The Morgan fingerprint density at radius 2 is 1.62 bits per heavy atom. The number of nitrogens with one attached hydrogen (secondary N) is 1. The predicted molar refractivity (Wildman–Crippen MR) is 129 cm³/mol. The second-order valence-electron chi connectivity index (χ2n) is 8.18. The molecule has 0 radical (unpaired) electrons. The predicted octanol–water partition coefficient (Wildman–Crippen LogP) is 4.96. The minimum absolute atomic E-state index is 0.0534. The van der Waals surface area contributed by atoms with Crippen LogP contribution in [0.3, 0.4) is 0 Å². The first-order valence-corrected chi connectivity index (χ1v) is 12.8. The van der Waals surface area contributed by atoms with Crippen molar-refractivity contribution in [1.82, 2.24) is 10.2 Å². The third kappa shape index (κ3) is 3.72. The van der Waals surface area contributed by atoms with Crippen LogP contribution >= 0.6 is 11.3 Å². The molecule has 1 aliphatic heterocycles. The highest BCUT2D eigenvalue weighted by Crippen LogP contribution is 2.35. The van der Waals surface area contributed by atoms with Gasteiger partial charge in [-0.3, -0.25) is 14.9 Å². The standard InChI is InChI=1S/C25H19N3O4S2/c1-14(2)15-7-9-16(10-8-15)24-27-28-25(33-24)26-23(30)17-11-12-19-21(13-17)34(31,32)20-6-4-3-5-18(20)22(19)29/h3-14H,1-2H3,(H,26,28,30). The van der Waals surface area contributed by atoms with Gasteiger partial charge in [-0.05, 0) is 41.8 Å². The molecule has 1 amide bonds. The van der Waals surface area contributed by atoms with Crippen molar-refractivity contribution in [3.8, 4) is 10.6 Å². The lowest BCUT2D eigenvalue weighted by atomic mass is 10.0. The third-order valence-electron chi connectivity index (χ3n) is 5.67. The van der Waals surface area contributed by atoms with Crippen LogP contribution in [0.5, 0.6) is 0 Å². The smallest absolute Gasteiger partial charge is 0.257 e. The minimum Gasteiger partial charge on any atom is -0.296 e. The highest BCUT2D eigenvalue weighted by molar-refractivity contribution is 7.91. The van der Waals surface area contributed by atoms with Gasteiger partial charge in [-0.25, -0.2) is 8.42 Å². The van der Waals surface area contributed by atoms with Gasteiger partial charge in [0.1, 0.15) is 5.01 Å². The Hall–Kier alpha value is -3.69. The van der Waals surface area contributed by atoms with Crippen LogP contribution in [-0.2, 0) is 9.84 Å². The zero-order chi connectivity index (χ0) is 24.0. The summed E-state index contributed by atoms with van der Waals surface area (Å²) in [6.45, 7) is 4.24. The van der Waals surface area contributed by atoms with E-state index in [1.54, 1.807) is 12.1 Å². The summed E-state index contributed by atoms with van der Waals surface area (Å²) in [5.41, 5.74) is 2.39. The average Bonchev–Trinajstić information content (AvgIpc) is 3.31. The Kier molecular flexibility index (Phi) is 5.38. The van der Waals surface area contributed by atoms with E-state index in [-0.39, 0.29) is 37.4 Å². The molecular formula is C25H19N3O4S2. The fourth-order valence-corrected chi connectivity index (χ4v) is 6.22. The monoisotopic (exact) mass is 489 g/mol. The van der Waals surface area contributed by atoms with Crippen LogP contribution in [0.15, 0.2) is 76.5 Å². The van der Waals surface area contributed by atoms with E-state index in [1.165, 1.54) is 47.2 Å². The summed E-state index contributed by atoms with van der Waals surface area (Å²) in [4.78, 5) is 25.4. The molecule has 0 saturated carbocycles. The normalized spacial score (nSPS) is 13.9. The molecule has 0 bridgehead atoms. The molecule has 1 aromatic heterocycles. The van der Waals surface area contributed by atoms with Crippen LogP contribution < -0.4 is 5.32 Å². The molecule has 0 spiro atoms. The summed E-state index contributed by atoms with van der Waals surface area (Å²) >= 11 is 1.22. The van der Waals surface area contributed by atoms with Crippen molar-refractivity contribution in [2.24, 2.45) is 0 Å². The Morgan fingerprint density at radius 3 is 2.35 bits per heavy atom. The van der Waals surface area contributed by atoms with Gasteiger partial charge in [0.15, 0.2) is 5.78 Å². The first-order valence-electron chi connectivity index (χ1n) is 10.5. The Balaban J connectivity index is 1.41. The van der Waals surface area contributed by atoms with Crippen LogP contribution in [0.25, 0.3) is 10.6 Å². The van der Waals surface area contributed by atoms with Gasteiger partial charge in [-0.2, -0.15) is 0 Å². The van der Waals surface area contributed by atoms with Gasteiger partial charge in [0, 0.05) is 22.3 Å². The highest BCUT2D eigenvalue weighted by Gasteiger charge is 2.35. The summed E-state index contributed by atoms with van der Waals surface area (Å²) in [7, 11) is -3.93. The topological polar surface area (TPSA) is 106 Å². The fraction of sp³-hybridized carbons (Fsp3) is 0.120. The summed E-state index contributed by atoms with van der Waals surface area (Å²) in [5, 5.41) is 11.8. The highest BCUT2D eigenvalue weighted by atomic mass is 32.2. The lowest BCUT2D eigenvalue weighted by Crippen LogP contribution is -2.21. The molecule has 1 aliphatic rings. The van der Waals surface area contributed by atoms with E-state index >= 15 is 0 Å². The maximum absolute atomic E-state index is 13.1. The van der Waals surface area contributed by atoms with E-state index in [4.69, 9.17) is 0 Å². The number of ketones is 1. The molecule has 9 heteroatoms. The number of benzene rings is 3. The molecule has 0 unspecified atom stereocenters. The molecule has 4 aromatic rings. The van der Waals surface area contributed by atoms with E-state index in [9.17, 15) is 18.0 Å². The second-order valence-corrected chi connectivity index (χ2v) is 11.0. The first-order chi connectivity index (χ1) is 16.3. The largest absolute Gasteiger partial charge is 0.296 e. The summed E-state index contributed by atoms with van der Waals surface area (Å²) in [6, 6.07) is 18.1. The number of carbonyl (C=O) groups excluding carboxylic acids is 2. The van der Waals surface area contributed by atoms with E-state index in [2.05, 4.69) is 29.4 Å². The molecule has 0 atom stereocenters. The number of anilines is 1. The van der Waals surface area contributed by atoms with E-state index in [0.29, 0.717) is 10.9 Å². The molecule has 7 nitrogen and oxygen atoms in total. The van der Waals surface area contributed by atoms with Gasteiger partial charge in [0.25, 0.3) is 5.91 Å². The van der Waals surface area contributed by atoms with Crippen molar-refractivity contribution in [2.75, 3.05) is 5.32 Å². The number of amides is 1. The second kappa shape index (κ2) is 8.27. The number of carbonyl (C=O) groups is 2. The Bertz CT molecular complexity index is 1560. The molecule has 34 heavy (non-hydrogen) atoms. The summed E-state index contributed by atoms with van der Waals surface area (Å²) < 4.78 is 26.2. The number of aromatic nitrogens is 2. The molecule has 2 heterocycles. The number of fused-ring (bicyclic) bond motifs is 2. The Labute approximate surface area is 200 Å². The maximum atomic E-state index is 13.1. The Morgan fingerprint density at radius 1 is 0.912 bits per heavy atom. The number of rotatable bonds is 4. The van der Waals surface area contributed by atoms with Gasteiger partial charge in [0.05, 0.1) is 9.79 Å². The van der Waals surface area contributed by atoms with Crippen molar-refractivity contribution in [2.45, 2.75) is 29.6 Å². The van der Waals surface area contributed by atoms with Crippen LogP contribution in [-0.4, -0.2) is 30.3 Å². The molecule has 0 aliphatic carbocycles. The van der Waals surface area contributed by atoms with E-state index in [1.807, 2.05) is 24.3 Å². The summed E-state index contributed by atoms with van der Waals surface area (Å²) in [5.74, 6) is -0.505. The van der Waals surface area contributed by atoms with Crippen LogP contribution in [0.1, 0.15) is 51.6 Å². The van der Waals surface area contributed by atoms with Gasteiger partial charge in [-0.15, -0.1) is 10.2 Å². The molecular weight excluding hydrogens is 470 g/mol. The zero-order valence-corrected chi connectivity index (χ0v) is 19.9. The number of hydrogen-bond acceptors (Lipinski definition) is 7. The molecule has 1 N–H and O–H groups in total. The van der Waals surface area contributed by atoms with Crippen LogP contribution in [0.2, 0.25) is 0 Å². The SMILES string of the molecule is CC(C)c1ccc(-c2nnc(NC(=O)c3ccc4c(c3)S(=O)(=O)c3ccccc3C4=O)s2)cc1. The quantitative estimate of drug-likeness (QED) is 0.383. The number of nitrogens with zero attached hydrogens (tertiary/aromatic N) is 2. The summed E-state index contributed by atoms with van der Waals surface area (Å²) in [6.07, 6.45) is 0. The van der Waals surface area contributed by atoms with E-state index in [0.717, 1.165) is 5.56 Å². The molecule has 5 rings (SSSR count). The van der Waals surface area contributed by atoms with Gasteiger partial charge >= 0.3 is 0 Å². The molecule has 0 saturated heterocycles. The van der Waals surface area contributed by atoms with Crippen molar-refractivity contribution in [1.29, 1.82) is 0 Å². The van der Waals surface area contributed by atoms with Gasteiger partial charge in [-0.1, -0.05) is 61.6 Å². The average molecular weight is 490 g/mol. The van der Waals surface area contributed by atoms with Crippen molar-refractivity contribution < 1.29 is 18.0 Å². The third-order valence-corrected chi connectivity index (χ3v) is 8.41. The van der Waals surface area contributed by atoms with Crippen molar-refractivity contribution in [3.05, 3.63) is 89.0 Å². The minimum atomic E-state index is -3.93. The van der Waals surface area contributed by atoms with Gasteiger partial charge in [0.2, 0.25) is 15.0 Å².